The normalized spacial score (nSPS) is 12.4. The van der Waals surface area contributed by atoms with Crippen LogP contribution in [0.2, 0.25) is 0 Å². The highest BCUT2D eigenvalue weighted by Crippen LogP contribution is 1.94. The Morgan fingerprint density at radius 2 is 1.76 bits per heavy atom. The fourth-order valence-electron chi connectivity index (χ4n) is 1.02. The van der Waals surface area contributed by atoms with Crippen LogP contribution in [-0.2, 0) is 9.59 Å². The van der Waals surface area contributed by atoms with Crippen molar-refractivity contribution in [1.29, 1.82) is 0 Å². The van der Waals surface area contributed by atoms with Crippen LogP contribution in [0, 0.1) is 0 Å². The third-order valence-electron chi connectivity index (χ3n) is 2.08. The van der Waals surface area contributed by atoms with E-state index in [2.05, 4.69) is 10.6 Å². The number of carboxylic acid groups (broad SMARTS) is 1. The van der Waals surface area contributed by atoms with Gasteiger partial charge in [0.25, 0.3) is 0 Å². The highest BCUT2D eigenvalue weighted by atomic mass is 16.4. The maximum Gasteiger partial charge on any atom is 0.321 e. The van der Waals surface area contributed by atoms with E-state index < -0.39 is 23.9 Å². The molecule has 0 aliphatic heterocycles. The monoisotopic (exact) mass is 245 g/mol. The first-order chi connectivity index (χ1) is 7.73. The van der Waals surface area contributed by atoms with Gasteiger partial charge in [0.1, 0.15) is 6.04 Å². The van der Waals surface area contributed by atoms with E-state index in [1.54, 1.807) is 13.8 Å². The standard InChI is InChI=1S/C10H19N3O4/c1-6(2)11-10(17)12-8(14)5-13(4)7(3)9(15)16/h6-7H,5H2,1-4H3,(H,15,16)(H2,11,12,14,17). The molecule has 3 N–H and O–H groups in total. The summed E-state index contributed by atoms with van der Waals surface area (Å²) in [4.78, 5) is 34.5. The van der Waals surface area contributed by atoms with E-state index in [0.29, 0.717) is 0 Å². The van der Waals surface area contributed by atoms with Crippen molar-refractivity contribution < 1.29 is 19.5 Å². The number of hydrogen-bond acceptors (Lipinski definition) is 4. The molecular weight excluding hydrogens is 226 g/mol. The zero-order chi connectivity index (χ0) is 13.6. The lowest BCUT2D eigenvalue weighted by molar-refractivity contribution is -0.142. The van der Waals surface area contributed by atoms with Gasteiger partial charge in [-0.15, -0.1) is 0 Å². The molecule has 0 radical (unpaired) electrons. The first-order valence-electron chi connectivity index (χ1n) is 5.27. The van der Waals surface area contributed by atoms with Crippen molar-refractivity contribution in [2.24, 2.45) is 0 Å². The van der Waals surface area contributed by atoms with Gasteiger partial charge in [-0.3, -0.25) is 19.8 Å². The van der Waals surface area contributed by atoms with Crippen molar-refractivity contribution in [3.63, 3.8) is 0 Å². The Kier molecular flexibility index (Phi) is 6.19. The number of amides is 3. The molecule has 0 aromatic heterocycles. The van der Waals surface area contributed by atoms with E-state index >= 15 is 0 Å². The highest BCUT2D eigenvalue weighted by Gasteiger charge is 2.19. The Balaban J connectivity index is 4.10. The third kappa shape index (κ3) is 6.52. The Hall–Kier alpha value is -1.63. The topological polar surface area (TPSA) is 98.7 Å². The SMILES string of the molecule is CC(C)NC(=O)NC(=O)CN(C)C(C)C(=O)O. The Labute approximate surface area is 100 Å². The molecule has 0 fully saturated rings. The zero-order valence-electron chi connectivity index (χ0n) is 10.5. The number of imide groups is 1. The van der Waals surface area contributed by atoms with Gasteiger partial charge in [0, 0.05) is 6.04 Å². The molecule has 7 heteroatoms. The predicted molar refractivity (Wildman–Crippen MR) is 61.5 cm³/mol. The summed E-state index contributed by atoms with van der Waals surface area (Å²) in [6.07, 6.45) is 0. The van der Waals surface area contributed by atoms with E-state index in [1.807, 2.05) is 0 Å². The van der Waals surface area contributed by atoms with E-state index in [1.165, 1.54) is 18.9 Å². The van der Waals surface area contributed by atoms with Gasteiger partial charge in [-0.05, 0) is 27.8 Å². The third-order valence-corrected chi connectivity index (χ3v) is 2.08. The van der Waals surface area contributed by atoms with Crippen LogP contribution in [0.25, 0.3) is 0 Å². The maximum atomic E-state index is 11.4. The molecule has 0 saturated carbocycles. The predicted octanol–water partition coefficient (Wildman–Crippen LogP) is -0.374. The van der Waals surface area contributed by atoms with Crippen LogP contribution < -0.4 is 10.6 Å². The van der Waals surface area contributed by atoms with Crippen molar-refractivity contribution >= 4 is 17.9 Å². The van der Waals surface area contributed by atoms with Crippen molar-refractivity contribution in [3.8, 4) is 0 Å². The summed E-state index contributed by atoms with van der Waals surface area (Å²) in [5.74, 6) is -1.56. The van der Waals surface area contributed by atoms with Crippen molar-refractivity contribution in [1.82, 2.24) is 15.5 Å². The van der Waals surface area contributed by atoms with Gasteiger partial charge >= 0.3 is 12.0 Å². The van der Waals surface area contributed by atoms with E-state index in [4.69, 9.17) is 5.11 Å². The summed E-state index contributed by atoms with van der Waals surface area (Å²) in [6, 6.07) is -1.44. The Morgan fingerprint density at radius 3 is 2.18 bits per heavy atom. The molecule has 0 saturated heterocycles. The Bertz CT molecular complexity index is 304. The lowest BCUT2D eigenvalue weighted by atomic mass is 10.3. The number of hydrogen-bond donors (Lipinski definition) is 3. The minimum absolute atomic E-state index is 0.0709. The molecule has 1 atom stereocenters. The summed E-state index contributed by atoms with van der Waals surface area (Å²) in [5.41, 5.74) is 0. The summed E-state index contributed by atoms with van der Waals surface area (Å²) in [6.45, 7) is 4.84. The number of rotatable bonds is 5. The van der Waals surface area contributed by atoms with Crippen molar-refractivity contribution in [3.05, 3.63) is 0 Å². The quantitative estimate of drug-likeness (QED) is 0.613. The summed E-state index contributed by atoms with van der Waals surface area (Å²) >= 11 is 0. The molecule has 17 heavy (non-hydrogen) atoms. The smallest absolute Gasteiger partial charge is 0.321 e. The van der Waals surface area contributed by atoms with E-state index in [0.717, 1.165) is 0 Å². The van der Waals surface area contributed by atoms with Crippen LogP contribution in [0.5, 0.6) is 0 Å². The zero-order valence-corrected chi connectivity index (χ0v) is 10.5. The summed E-state index contributed by atoms with van der Waals surface area (Å²) in [5, 5.41) is 13.3. The van der Waals surface area contributed by atoms with Crippen LogP contribution in [-0.4, -0.2) is 53.6 Å². The fraction of sp³-hybridized carbons (Fsp3) is 0.700. The van der Waals surface area contributed by atoms with Crippen LogP contribution in [0.1, 0.15) is 20.8 Å². The van der Waals surface area contributed by atoms with Gasteiger partial charge < -0.3 is 10.4 Å². The van der Waals surface area contributed by atoms with Gasteiger partial charge in [0.15, 0.2) is 0 Å². The lowest BCUT2D eigenvalue weighted by Crippen LogP contribution is -2.48. The average Bonchev–Trinajstić information content (AvgIpc) is 2.13. The minimum atomic E-state index is -1.02. The molecule has 7 nitrogen and oxygen atoms in total. The second kappa shape index (κ2) is 6.85. The molecule has 0 aliphatic rings. The number of carbonyl (C=O) groups is 3. The van der Waals surface area contributed by atoms with Crippen LogP contribution in [0.4, 0.5) is 4.79 Å². The fourth-order valence-corrected chi connectivity index (χ4v) is 1.02. The first kappa shape index (κ1) is 15.4. The number of nitrogens with one attached hydrogen (secondary N) is 2. The lowest BCUT2D eigenvalue weighted by Gasteiger charge is -2.20. The van der Waals surface area contributed by atoms with Crippen LogP contribution >= 0.6 is 0 Å². The van der Waals surface area contributed by atoms with Crippen molar-refractivity contribution in [2.75, 3.05) is 13.6 Å². The average molecular weight is 245 g/mol. The number of aliphatic carboxylic acids is 1. The molecule has 0 rings (SSSR count). The minimum Gasteiger partial charge on any atom is -0.480 e. The van der Waals surface area contributed by atoms with Crippen LogP contribution in [0.3, 0.4) is 0 Å². The van der Waals surface area contributed by atoms with Gasteiger partial charge in [0.2, 0.25) is 5.91 Å². The van der Waals surface area contributed by atoms with E-state index in [9.17, 15) is 14.4 Å². The summed E-state index contributed by atoms with van der Waals surface area (Å²) < 4.78 is 0. The summed E-state index contributed by atoms with van der Waals surface area (Å²) in [7, 11) is 1.50. The van der Waals surface area contributed by atoms with Gasteiger partial charge in [0.05, 0.1) is 6.54 Å². The molecule has 1 unspecified atom stereocenters. The molecule has 0 aliphatic carbocycles. The number of nitrogens with zero attached hydrogens (tertiary/aromatic N) is 1. The van der Waals surface area contributed by atoms with Gasteiger partial charge in [-0.25, -0.2) is 4.79 Å². The Morgan fingerprint density at radius 1 is 1.24 bits per heavy atom. The van der Waals surface area contributed by atoms with E-state index in [-0.39, 0.29) is 12.6 Å². The molecular formula is C10H19N3O4. The molecule has 3 amide bonds. The largest absolute Gasteiger partial charge is 0.480 e. The molecule has 0 spiro atoms. The number of carboxylic acids is 1. The number of likely N-dealkylation sites (N-methyl/N-ethyl adjacent to an activating group) is 1. The highest BCUT2D eigenvalue weighted by molar-refractivity contribution is 5.95. The van der Waals surface area contributed by atoms with Gasteiger partial charge in [-0.1, -0.05) is 0 Å². The number of urea groups is 1. The molecule has 98 valence electrons. The number of carbonyl (C=O) groups excluding carboxylic acids is 2. The van der Waals surface area contributed by atoms with Crippen molar-refractivity contribution in [2.45, 2.75) is 32.9 Å². The molecule has 0 heterocycles. The molecule has 0 bridgehead atoms. The van der Waals surface area contributed by atoms with Gasteiger partial charge in [-0.2, -0.15) is 0 Å². The molecule has 0 aromatic carbocycles. The first-order valence-corrected chi connectivity index (χ1v) is 5.27. The maximum absolute atomic E-state index is 11.4. The second-order valence-corrected chi connectivity index (χ2v) is 4.11. The molecule has 0 aromatic rings. The van der Waals surface area contributed by atoms with Crippen LogP contribution in [0.15, 0.2) is 0 Å². The second-order valence-electron chi connectivity index (χ2n) is 4.11.